The summed E-state index contributed by atoms with van der Waals surface area (Å²) in [5.74, 6) is -0.810. The molecule has 0 spiro atoms. The Bertz CT molecular complexity index is 1020. The number of aryl methyl sites for hydroxylation is 1. The maximum atomic E-state index is 12.9. The van der Waals surface area contributed by atoms with Gasteiger partial charge in [0.05, 0.1) is 6.07 Å². The Morgan fingerprint density at radius 2 is 1.87 bits per heavy atom. The fourth-order valence-electron chi connectivity index (χ4n) is 3.94. The summed E-state index contributed by atoms with van der Waals surface area (Å²) in [7, 11) is 1.58. The van der Waals surface area contributed by atoms with Gasteiger partial charge in [0.1, 0.15) is 28.5 Å². The molecule has 0 saturated heterocycles. The van der Waals surface area contributed by atoms with Crippen LogP contribution in [0.25, 0.3) is 5.88 Å². The van der Waals surface area contributed by atoms with Gasteiger partial charge in [-0.15, -0.1) is 0 Å². The van der Waals surface area contributed by atoms with E-state index in [4.69, 9.17) is 9.15 Å². The molecule has 1 aliphatic rings. The molecule has 1 fully saturated rings. The number of hydrogen-bond acceptors (Lipinski definition) is 6. The zero-order valence-electron chi connectivity index (χ0n) is 17.3. The molecule has 8 nitrogen and oxygen atoms in total. The summed E-state index contributed by atoms with van der Waals surface area (Å²) < 4.78 is 12.6. The van der Waals surface area contributed by atoms with Crippen LogP contribution in [0.2, 0.25) is 0 Å². The van der Waals surface area contributed by atoms with Crippen LogP contribution in [0.15, 0.2) is 28.9 Å². The highest BCUT2D eigenvalue weighted by Gasteiger charge is 2.41. The van der Waals surface area contributed by atoms with Crippen molar-refractivity contribution in [3.8, 4) is 18.0 Å². The third kappa shape index (κ3) is 3.69. The van der Waals surface area contributed by atoms with Crippen molar-refractivity contribution in [2.75, 3.05) is 7.05 Å². The molecule has 156 valence electrons. The summed E-state index contributed by atoms with van der Waals surface area (Å²) in [4.78, 5) is 27.1. The molecule has 2 aromatic heterocycles. The van der Waals surface area contributed by atoms with Gasteiger partial charge in [-0.05, 0) is 38.8 Å². The van der Waals surface area contributed by atoms with E-state index in [0.29, 0.717) is 12.8 Å². The second-order valence-electron chi connectivity index (χ2n) is 7.56. The minimum absolute atomic E-state index is 0.00355. The number of rotatable bonds is 5. The van der Waals surface area contributed by atoms with Crippen LogP contribution >= 0.6 is 0 Å². The second kappa shape index (κ2) is 8.46. The molecule has 1 aliphatic carbocycles. The summed E-state index contributed by atoms with van der Waals surface area (Å²) in [6.07, 6.45) is 6.28. The molecule has 1 saturated carbocycles. The predicted molar refractivity (Wildman–Crippen MR) is 107 cm³/mol. The second-order valence-corrected chi connectivity index (χ2v) is 7.56. The van der Waals surface area contributed by atoms with Gasteiger partial charge in [-0.1, -0.05) is 19.3 Å². The van der Waals surface area contributed by atoms with Crippen molar-refractivity contribution < 1.29 is 18.7 Å². The molecule has 0 radical (unpaired) electrons. The molecule has 0 aliphatic heterocycles. The Kier molecular flexibility index (Phi) is 5.98. The molecule has 2 heterocycles. The quantitative estimate of drug-likeness (QED) is 0.700. The number of carbonyl (C=O) groups is 2. The molecule has 0 aromatic carbocycles. The fraction of sp³-hybridized carbons (Fsp3) is 0.455. The van der Waals surface area contributed by atoms with E-state index >= 15 is 0 Å². The van der Waals surface area contributed by atoms with Crippen LogP contribution in [-0.2, 0) is 9.53 Å². The van der Waals surface area contributed by atoms with E-state index in [1.165, 1.54) is 11.8 Å². The van der Waals surface area contributed by atoms with E-state index in [-0.39, 0.29) is 22.8 Å². The van der Waals surface area contributed by atoms with Gasteiger partial charge in [0, 0.05) is 19.4 Å². The lowest BCUT2D eigenvalue weighted by Gasteiger charge is -2.39. The van der Waals surface area contributed by atoms with Crippen LogP contribution in [0.5, 0.6) is 0 Å². The molecule has 1 atom stereocenters. The Morgan fingerprint density at radius 1 is 1.23 bits per heavy atom. The Balaban J connectivity index is 1.80. The van der Waals surface area contributed by atoms with Crippen LogP contribution in [0.4, 0.5) is 0 Å². The smallest absolute Gasteiger partial charge is 0.343 e. The minimum Gasteiger partial charge on any atom is -0.449 e. The molecule has 8 heteroatoms. The average Bonchev–Trinajstić information content (AvgIpc) is 3.40. The number of furan rings is 1. The monoisotopic (exact) mass is 408 g/mol. The largest absolute Gasteiger partial charge is 0.449 e. The number of nitrogens with zero attached hydrogens (tertiary/aromatic N) is 4. The van der Waals surface area contributed by atoms with Gasteiger partial charge >= 0.3 is 5.97 Å². The van der Waals surface area contributed by atoms with E-state index in [1.807, 2.05) is 6.07 Å². The van der Waals surface area contributed by atoms with E-state index < -0.39 is 23.5 Å². The van der Waals surface area contributed by atoms with Gasteiger partial charge in [0.2, 0.25) is 5.88 Å². The number of esters is 1. The standard InChI is InChI=1S/C22H24N4O4/c1-15-18(17(13-23)20(29-15)26-11-7-8-12-26)21(28)30-16(2)19(27)25(3)22(14-24)9-5-4-6-10-22/h7-8,11-12,16H,4-6,9-10H2,1-3H3/t16-/m0/s1. The highest BCUT2D eigenvalue weighted by Crippen LogP contribution is 2.33. The van der Waals surface area contributed by atoms with E-state index in [0.717, 1.165) is 19.3 Å². The third-order valence-electron chi connectivity index (χ3n) is 5.71. The number of carbonyl (C=O) groups excluding carboxylic acids is 2. The summed E-state index contributed by atoms with van der Waals surface area (Å²) in [5, 5.41) is 19.3. The van der Waals surface area contributed by atoms with Crippen LogP contribution in [0, 0.1) is 29.6 Å². The minimum atomic E-state index is -1.11. The van der Waals surface area contributed by atoms with Gasteiger partial charge in [-0.25, -0.2) is 4.79 Å². The molecule has 30 heavy (non-hydrogen) atoms. The normalized spacial score (nSPS) is 16.2. The van der Waals surface area contributed by atoms with Crippen molar-refractivity contribution in [2.45, 2.75) is 57.6 Å². The summed E-state index contributed by atoms with van der Waals surface area (Å²) in [6, 6.07) is 7.82. The molecule has 0 N–H and O–H groups in total. The number of aromatic nitrogens is 1. The van der Waals surface area contributed by atoms with Gasteiger partial charge < -0.3 is 14.1 Å². The van der Waals surface area contributed by atoms with Crippen molar-refractivity contribution in [1.29, 1.82) is 10.5 Å². The average molecular weight is 408 g/mol. The third-order valence-corrected chi connectivity index (χ3v) is 5.71. The lowest BCUT2D eigenvalue weighted by atomic mass is 9.81. The first-order valence-corrected chi connectivity index (χ1v) is 9.91. The molecule has 2 aromatic rings. The Labute approximate surface area is 175 Å². The highest BCUT2D eigenvalue weighted by atomic mass is 16.5. The summed E-state index contributed by atoms with van der Waals surface area (Å²) in [5.41, 5.74) is -0.834. The van der Waals surface area contributed by atoms with Gasteiger partial charge in [0.15, 0.2) is 6.10 Å². The highest BCUT2D eigenvalue weighted by molar-refractivity contribution is 5.96. The van der Waals surface area contributed by atoms with Crippen LogP contribution < -0.4 is 0 Å². The van der Waals surface area contributed by atoms with Gasteiger partial charge in [-0.3, -0.25) is 9.36 Å². The number of amides is 1. The van der Waals surface area contributed by atoms with Crippen molar-refractivity contribution in [3.05, 3.63) is 41.4 Å². The lowest BCUT2D eigenvalue weighted by Crippen LogP contribution is -2.53. The van der Waals surface area contributed by atoms with E-state index in [9.17, 15) is 20.1 Å². The van der Waals surface area contributed by atoms with E-state index in [2.05, 4.69) is 6.07 Å². The molecule has 0 unspecified atom stereocenters. The first kappa shape index (κ1) is 21.2. The zero-order valence-corrected chi connectivity index (χ0v) is 17.3. The summed E-state index contributed by atoms with van der Waals surface area (Å²) >= 11 is 0. The predicted octanol–water partition coefficient (Wildman–Crippen LogP) is 3.48. The number of ether oxygens (including phenoxy) is 1. The van der Waals surface area contributed by atoms with Crippen LogP contribution in [0.3, 0.4) is 0 Å². The van der Waals surface area contributed by atoms with Crippen molar-refractivity contribution in [1.82, 2.24) is 9.47 Å². The molecule has 0 bridgehead atoms. The number of nitriles is 2. The first-order chi connectivity index (χ1) is 14.3. The first-order valence-electron chi connectivity index (χ1n) is 9.91. The van der Waals surface area contributed by atoms with Crippen LogP contribution in [0.1, 0.15) is 60.7 Å². The molecular weight excluding hydrogens is 384 g/mol. The van der Waals surface area contributed by atoms with E-state index in [1.54, 1.807) is 43.1 Å². The Morgan fingerprint density at radius 3 is 2.43 bits per heavy atom. The van der Waals surface area contributed by atoms with Crippen molar-refractivity contribution in [3.63, 3.8) is 0 Å². The maximum absolute atomic E-state index is 12.9. The van der Waals surface area contributed by atoms with Crippen molar-refractivity contribution in [2.24, 2.45) is 0 Å². The SMILES string of the molecule is Cc1oc(-n2cccc2)c(C#N)c1C(=O)O[C@@H](C)C(=O)N(C)C1(C#N)CCCCC1. The van der Waals surface area contributed by atoms with Crippen molar-refractivity contribution >= 4 is 11.9 Å². The number of likely N-dealkylation sites (N-methyl/N-ethyl adjacent to an activating group) is 1. The van der Waals surface area contributed by atoms with Gasteiger partial charge in [-0.2, -0.15) is 10.5 Å². The molecule has 1 amide bonds. The topological polar surface area (TPSA) is 112 Å². The lowest BCUT2D eigenvalue weighted by molar-refractivity contribution is -0.143. The van der Waals surface area contributed by atoms with Crippen LogP contribution in [-0.4, -0.2) is 40.0 Å². The molecule has 3 rings (SSSR count). The fourth-order valence-corrected chi connectivity index (χ4v) is 3.94. The van der Waals surface area contributed by atoms with Gasteiger partial charge in [0.25, 0.3) is 5.91 Å². The maximum Gasteiger partial charge on any atom is 0.343 e. The zero-order chi connectivity index (χ0) is 21.9. The number of hydrogen-bond donors (Lipinski definition) is 0. The summed E-state index contributed by atoms with van der Waals surface area (Å²) in [6.45, 7) is 3.04. The molecular formula is C22H24N4O4. The Hall–Kier alpha value is -3.52.